The van der Waals surface area contributed by atoms with Gasteiger partial charge in [-0.1, -0.05) is 172 Å². The first-order chi connectivity index (χ1) is 33.0. The Labute approximate surface area is 391 Å². The van der Waals surface area contributed by atoms with Crippen LogP contribution in [-0.4, -0.2) is 0 Å². The molecule has 0 fully saturated rings. The number of hydrogen-bond donors (Lipinski definition) is 0. The van der Waals surface area contributed by atoms with Crippen molar-refractivity contribution in [2.24, 2.45) is 0 Å². The van der Waals surface area contributed by atoms with Crippen LogP contribution in [0.5, 0.6) is 0 Å². The molecule has 0 bridgehead atoms. The van der Waals surface area contributed by atoms with Crippen LogP contribution in [0, 0.1) is 0 Å². The van der Waals surface area contributed by atoms with Crippen LogP contribution in [0.1, 0.15) is 25.0 Å². The average Bonchev–Trinajstić information content (AvgIpc) is 4.12. The van der Waals surface area contributed by atoms with Crippen molar-refractivity contribution >= 4 is 92.4 Å². The minimum absolute atomic E-state index is 0.174. The summed E-state index contributed by atoms with van der Waals surface area (Å²) < 4.78 is 16.5. The van der Waals surface area contributed by atoms with Gasteiger partial charge in [0.05, 0.1) is 11.1 Å². The Balaban J connectivity index is 1.00. The molecule has 0 amide bonds. The lowest BCUT2D eigenvalue weighted by Gasteiger charge is -2.29. The summed E-state index contributed by atoms with van der Waals surface area (Å²) in [6.07, 6.45) is 0. The Morgan fingerprint density at radius 1 is 0.403 bits per heavy atom. The van der Waals surface area contributed by atoms with E-state index in [4.69, 9.17) is 8.83 Å². The maximum atomic E-state index is 7.17. The molecule has 13 aromatic rings. The van der Waals surface area contributed by atoms with Crippen LogP contribution < -0.4 is 4.90 Å². The van der Waals surface area contributed by atoms with Gasteiger partial charge in [-0.05, 0) is 105 Å². The average molecular weight is 876 g/mol. The molecule has 3 aromatic heterocycles. The van der Waals surface area contributed by atoms with Crippen LogP contribution in [-0.2, 0) is 5.41 Å². The monoisotopic (exact) mass is 875 g/mol. The van der Waals surface area contributed by atoms with E-state index in [0.29, 0.717) is 0 Å². The standard InChI is InChI=1S/C63H41NO2S/c1-63(2)51-21-9-6-16-45(51)46-35-34-43(36-52(46)63)64(42-32-30-40(31-33-42)44-19-12-20-48-47-17-8-11-25-57(47)67-62(44)48)53-22-13-24-55-59(53)50-37-56-60(49-18-7-10-23-54(49)65-56)58(61(50)66-55)41-28-26-39(27-29-41)38-14-4-3-5-15-38/h3-37H,1-2H3. The van der Waals surface area contributed by atoms with Gasteiger partial charge in [-0.3, -0.25) is 0 Å². The number of rotatable bonds is 6. The molecule has 0 radical (unpaired) electrons. The molecule has 0 saturated carbocycles. The molecule has 67 heavy (non-hydrogen) atoms. The third-order valence-corrected chi connectivity index (χ3v) is 15.5. The lowest BCUT2D eigenvalue weighted by Crippen LogP contribution is -2.16. The minimum atomic E-state index is -0.174. The van der Waals surface area contributed by atoms with Gasteiger partial charge in [-0.2, -0.15) is 0 Å². The summed E-state index contributed by atoms with van der Waals surface area (Å²) >= 11 is 1.87. The number of nitrogens with zero attached hydrogens (tertiary/aromatic N) is 1. The van der Waals surface area contributed by atoms with Crippen molar-refractivity contribution in [1.82, 2.24) is 0 Å². The quantitative estimate of drug-likeness (QED) is 0.167. The van der Waals surface area contributed by atoms with Crippen LogP contribution in [0.2, 0.25) is 0 Å². The highest BCUT2D eigenvalue weighted by Gasteiger charge is 2.36. The van der Waals surface area contributed by atoms with Crippen LogP contribution in [0.4, 0.5) is 17.1 Å². The molecule has 0 saturated heterocycles. The van der Waals surface area contributed by atoms with Gasteiger partial charge >= 0.3 is 0 Å². The highest BCUT2D eigenvalue weighted by molar-refractivity contribution is 7.26. The maximum Gasteiger partial charge on any atom is 0.144 e. The van der Waals surface area contributed by atoms with Crippen LogP contribution in [0.15, 0.2) is 221 Å². The highest BCUT2D eigenvalue weighted by atomic mass is 32.1. The van der Waals surface area contributed by atoms with E-state index >= 15 is 0 Å². The van der Waals surface area contributed by atoms with Gasteiger partial charge in [0.2, 0.25) is 0 Å². The predicted octanol–water partition coefficient (Wildman–Crippen LogP) is 18.6. The second-order valence-electron chi connectivity index (χ2n) is 18.4. The molecule has 0 spiro atoms. The van der Waals surface area contributed by atoms with E-state index in [2.05, 4.69) is 225 Å². The van der Waals surface area contributed by atoms with Gasteiger partial charge < -0.3 is 13.7 Å². The second-order valence-corrected chi connectivity index (χ2v) is 19.4. The maximum absolute atomic E-state index is 7.17. The minimum Gasteiger partial charge on any atom is -0.456 e. The van der Waals surface area contributed by atoms with Crippen LogP contribution >= 0.6 is 11.3 Å². The molecule has 10 aromatic carbocycles. The molecule has 3 heterocycles. The summed E-state index contributed by atoms with van der Waals surface area (Å²) in [6.45, 7) is 4.71. The fourth-order valence-electron chi connectivity index (χ4n) is 11.1. The van der Waals surface area contributed by atoms with E-state index in [1.165, 1.54) is 64.7 Å². The van der Waals surface area contributed by atoms with E-state index in [1.54, 1.807) is 0 Å². The molecule has 0 aliphatic heterocycles. The van der Waals surface area contributed by atoms with Gasteiger partial charge in [0, 0.05) is 58.7 Å². The fraction of sp³-hybridized carbons (Fsp3) is 0.0476. The van der Waals surface area contributed by atoms with E-state index in [-0.39, 0.29) is 5.41 Å². The molecular formula is C63H41NO2S. The molecule has 0 atom stereocenters. The summed E-state index contributed by atoms with van der Waals surface area (Å²) in [4.78, 5) is 2.43. The molecule has 14 rings (SSSR count). The van der Waals surface area contributed by atoms with E-state index in [9.17, 15) is 0 Å². The van der Waals surface area contributed by atoms with Crippen LogP contribution in [0.25, 0.3) is 109 Å². The summed E-state index contributed by atoms with van der Waals surface area (Å²) in [6, 6.07) is 76.9. The Hall–Kier alpha value is -8.18. The Bertz CT molecular complexity index is 4110. The lowest BCUT2D eigenvalue weighted by atomic mass is 9.82. The zero-order valence-electron chi connectivity index (χ0n) is 36.9. The van der Waals surface area contributed by atoms with Crippen molar-refractivity contribution in [2.45, 2.75) is 19.3 Å². The molecule has 0 unspecified atom stereocenters. The van der Waals surface area contributed by atoms with Gasteiger partial charge in [-0.25, -0.2) is 0 Å². The molecule has 0 N–H and O–H groups in total. The number of benzene rings is 10. The number of furan rings is 2. The van der Waals surface area contributed by atoms with Gasteiger partial charge in [0.1, 0.15) is 22.3 Å². The molecular weight excluding hydrogens is 835 g/mol. The summed E-state index contributed by atoms with van der Waals surface area (Å²) in [5, 5.41) is 6.76. The SMILES string of the molecule is CC1(C)c2ccccc2-c2ccc(N(c3ccc(-c4cccc5c4sc4ccccc45)cc3)c3cccc4oc5c(-c6ccc(-c7ccccc7)cc6)c6c(cc5c34)oc3ccccc36)cc21. The Morgan fingerprint density at radius 3 is 1.91 bits per heavy atom. The van der Waals surface area contributed by atoms with Crippen molar-refractivity contribution < 1.29 is 8.83 Å². The highest BCUT2D eigenvalue weighted by Crippen LogP contribution is 2.53. The molecule has 4 heteroatoms. The third kappa shape index (κ3) is 5.70. The zero-order valence-corrected chi connectivity index (χ0v) is 37.7. The van der Waals surface area contributed by atoms with Gasteiger partial charge in [0.25, 0.3) is 0 Å². The molecule has 3 nitrogen and oxygen atoms in total. The predicted molar refractivity (Wildman–Crippen MR) is 282 cm³/mol. The number of para-hydroxylation sites is 1. The zero-order chi connectivity index (χ0) is 44.4. The van der Waals surface area contributed by atoms with E-state index in [0.717, 1.165) is 72.1 Å². The van der Waals surface area contributed by atoms with Crippen molar-refractivity contribution in [3.05, 3.63) is 223 Å². The smallest absolute Gasteiger partial charge is 0.144 e. The number of hydrogen-bond acceptors (Lipinski definition) is 4. The lowest BCUT2D eigenvalue weighted by molar-refractivity contribution is 0.660. The van der Waals surface area contributed by atoms with Crippen molar-refractivity contribution in [2.75, 3.05) is 4.90 Å². The largest absolute Gasteiger partial charge is 0.456 e. The number of fused-ring (bicyclic) bond motifs is 12. The topological polar surface area (TPSA) is 29.5 Å². The molecule has 316 valence electrons. The summed E-state index contributed by atoms with van der Waals surface area (Å²) in [7, 11) is 0. The Kier molecular flexibility index (Phi) is 8.20. The first-order valence-electron chi connectivity index (χ1n) is 23.0. The number of thiophene rings is 1. The summed E-state index contributed by atoms with van der Waals surface area (Å²) in [5.74, 6) is 0. The fourth-order valence-corrected chi connectivity index (χ4v) is 12.3. The van der Waals surface area contributed by atoms with E-state index in [1.807, 2.05) is 17.4 Å². The molecule has 1 aliphatic carbocycles. The van der Waals surface area contributed by atoms with Crippen LogP contribution in [0.3, 0.4) is 0 Å². The first-order valence-corrected chi connectivity index (χ1v) is 23.8. The third-order valence-electron chi connectivity index (χ3n) is 14.3. The Morgan fingerprint density at radius 2 is 1.04 bits per heavy atom. The normalized spacial score (nSPS) is 13.0. The van der Waals surface area contributed by atoms with Crippen molar-refractivity contribution in [3.8, 4) is 44.5 Å². The second kappa shape index (κ2) is 14.4. The molecule has 1 aliphatic rings. The van der Waals surface area contributed by atoms with Crippen molar-refractivity contribution in [1.29, 1.82) is 0 Å². The summed E-state index contributed by atoms with van der Waals surface area (Å²) in [5.41, 5.74) is 18.5. The van der Waals surface area contributed by atoms with Crippen molar-refractivity contribution in [3.63, 3.8) is 0 Å². The van der Waals surface area contributed by atoms with E-state index < -0.39 is 0 Å². The first kappa shape index (κ1) is 38.1. The van der Waals surface area contributed by atoms with Gasteiger partial charge in [0.15, 0.2) is 0 Å². The van der Waals surface area contributed by atoms with Gasteiger partial charge in [-0.15, -0.1) is 11.3 Å². The number of anilines is 3.